The fourth-order valence-corrected chi connectivity index (χ4v) is 3.37. The Bertz CT molecular complexity index is 710. The number of ether oxygens (including phenoxy) is 1. The predicted octanol–water partition coefficient (Wildman–Crippen LogP) is 3.21. The van der Waals surface area contributed by atoms with Crippen LogP contribution in [0.4, 0.5) is 0 Å². The number of hydrogen-bond acceptors (Lipinski definition) is 6. The highest BCUT2D eigenvalue weighted by molar-refractivity contribution is 8.26. The molecular formula is C14H10N2O2S3. The SMILES string of the molecule is O=C1NC(=S)S/C1=C\c1csc(COc2ccccc2)n1. The molecule has 1 N–H and O–H groups in total. The second-order valence-electron chi connectivity index (χ2n) is 4.12. The van der Waals surface area contributed by atoms with Gasteiger partial charge in [0.25, 0.3) is 5.91 Å². The molecule has 3 rings (SSSR count). The first-order chi connectivity index (χ1) is 10.2. The van der Waals surface area contributed by atoms with Crippen LogP contribution >= 0.6 is 35.3 Å². The van der Waals surface area contributed by atoms with Crippen molar-refractivity contribution < 1.29 is 9.53 Å². The van der Waals surface area contributed by atoms with Crippen LogP contribution in [-0.2, 0) is 11.4 Å². The van der Waals surface area contributed by atoms with Crippen molar-refractivity contribution >= 4 is 51.6 Å². The van der Waals surface area contributed by atoms with E-state index in [2.05, 4.69) is 10.3 Å². The highest BCUT2D eigenvalue weighted by atomic mass is 32.2. The molecule has 21 heavy (non-hydrogen) atoms. The molecule has 106 valence electrons. The van der Waals surface area contributed by atoms with Crippen molar-refractivity contribution in [2.24, 2.45) is 0 Å². The number of benzene rings is 1. The lowest BCUT2D eigenvalue weighted by atomic mass is 10.3. The molecular weight excluding hydrogens is 324 g/mol. The maximum Gasteiger partial charge on any atom is 0.263 e. The highest BCUT2D eigenvalue weighted by Crippen LogP contribution is 2.26. The standard InChI is InChI=1S/C14H10N2O2S3/c17-13-11(21-14(19)16-13)6-9-8-20-12(15-9)7-18-10-4-2-1-3-5-10/h1-6,8H,7H2,(H,16,17,19)/b11-6-. The van der Waals surface area contributed by atoms with Crippen LogP contribution in [-0.4, -0.2) is 15.2 Å². The van der Waals surface area contributed by atoms with Crippen molar-refractivity contribution in [3.63, 3.8) is 0 Å². The van der Waals surface area contributed by atoms with Crippen molar-refractivity contribution in [2.45, 2.75) is 6.61 Å². The fraction of sp³-hybridized carbons (Fsp3) is 0.0714. The summed E-state index contributed by atoms with van der Waals surface area (Å²) in [5.74, 6) is 0.642. The Morgan fingerprint density at radius 2 is 2.14 bits per heavy atom. The van der Waals surface area contributed by atoms with Gasteiger partial charge in [-0.25, -0.2) is 4.98 Å². The third-order valence-corrected chi connectivity index (χ3v) is 4.60. The number of amides is 1. The monoisotopic (exact) mass is 334 g/mol. The molecule has 1 aliphatic rings. The van der Waals surface area contributed by atoms with E-state index in [4.69, 9.17) is 17.0 Å². The number of nitrogens with one attached hydrogen (secondary N) is 1. The second-order valence-corrected chi connectivity index (χ2v) is 6.78. The van der Waals surface area contributed by atoms with Gasteiger partial charge in [0.15, 0.2) is 0 Å². The summed E-state index contributed by atoms with van der Waals surface area (Å²) in [6.07, 6.45) is 1.74. The lowest BCUT2D eigenvalue weighted by Crippen LogP contribution is -2.17. The molecule has 0 spiro atoms. The number of aromatic nitrogens is 1. The quantitative estimate of drug-likeness (QED) is 0.687. The van der Waals surface area contributed by atoms with Crippen molar-refractivity contribution in [3.05, 3.63) is 51.3 Å². The Labute approximate surface area is 135 Å². The molecule has 2 heterocycles. The van der Waals surface area contributed by atoms with Gasteiger partial charge in [-0.1, -0.05) is 42.2 Å². The minimum Gasteiger partial charge on any atom is -0.486 e. The maximum absolute atomic E-state index is 11.6. The number of thioether (sulfide) groups is 1. The van der Waals surface area contributed by atoms with Crippen LogP contribution in [0.15, 0.2) is 40.6 Å². The van der Waals surface area contributed by atoms with Crippen LogP contribution in [0.2, 0.25) is 0 Å². The van der Waals surface area contributed by atoms with E-state index in [0.717, 1.165) is 16.5 Å². The number of nitrogens with zero attached hydrogens (tertiary/aromatic N) is 1. The molecule has 0 aliphatic carbocycles. The maximum atomic E-state index is 11.6. The smallest absolute Gasteiger partial charge is 0.263 e. The lowest BCUT2D eigenvalue weighted by Gasteiger charge is -2.02. The molecule has 1 aromatic carbocycles. The number of thiocarbonyl (C=S) groups is 1. The van der Waals surface area contributed by atoms with Crippen LogP contribution in [0.3, 0.4) is 0 Å². The summed E-state index contributed by atoms with van der Waals surface area (Å²) in [6, 6.07) is 9.58. The number of thiazole rings is 1. The van der Waals surface area contributed by atoms with Gasteiger partial charge in [0.1, 0.15) is 21.7 Å². The van der Waals surface area contributed by atoms with Gasteiger partial charge in [0, 0.05) is 5.38 Å². The van der Waals surface area contributed by atoms with E-state index in [-0.39, 0.29) is 5.91 Å². The lowest BCUT2D eigenvalue weighted by molar-refractivity contribution is -0.115. The molecule has 1 saturated heterocycles. The Morgan fingerprint density at radius 1 is 1.33 bits per heavy atom. The van der Waals surface area contributed by atoms with E-state index >= 15 is 0 Å². The van der Waals surface area contributed by atoms with E-state index in [1.165, 1.54) is 23.1 Å². The number of rotatable bonds is 4. The number of carbonyl (C=O) groups is 1. The summed E-state index contributed by atoms with van der Waals surface area (Å²) in [5.41, 5.74) is 0.744. The molecule has 1 amide bonds. The molecule has 1 aromatic heterocycles. The summed E-state index contributed by atoms with van der Waals surface area (Å²) in [5, 5.41) is 5.33. The third kappa shape index (κ3) is 3.69. The van der Waals surface area contributed by atoms with E-state index < -0.39 is 0 Å². The summed E-state index contributed by atoms with van der Waals surface area (Å²) in [7, 11) is 0. The molecule has 0 unspecified atom stereocenters. The summed E-state index contributed by atoms with van der Waals surface area (Å²) < 4.78 is 6.12. The van der Waals surface area contributed by atoms with Gasteiger partial charge < -0.3 is 10.1 Å². The Morgan fingerprint density at radius 3 is 2.86 bits per heavy atom. The summed E-state index contributed by atoms with van der Waals surface area (Å²) >= 11 is 7.70. The summed E-state index contributed by atoms with van der Waals surface area (Å²) in [4.78, 5) is 16.6. The number of para-hydroxylation sites is 1. The van der Waals surface area contributed by atoms with Gasteiger partial charge >= 0.3 is 0 Å². The first-order valence-corrected chi connectivity index (χ1v) is 8.18. The summed E-state index contributed by atoms with van der Waals surface area (Å²) in [6.45, 7) is 0.412. The zero-order valence-electron chi connectivity index (χ0n) is 10.7. The van der Waals surface area contributed by atoms with Gasteiger partial charge in [0.05, 0.1) is 10.6 Å². The fourth-order valence-electron chi connectivity index (χ4n) is 1.67. The molecule has 0 atom stereocenters. The van der Waals surface area contributed by atoms with Gasteiger partial charge in [-0.15, -0.1) is 11.3 Å². The van der Waals surface area contributed by atoms with Crippen LogP contribution in [0.25, 0.3) is 6.08 Å². The Hall–Kier alpha value is -1.70. The van der Waals surface area contributed by atoms with E-state index in [1.807, 2.05) is 35.7 Å². The van der Waals surface area contributed by atoms with Crippen LogP contribution < -0.4 is 10.1 Å². The Balaban J connectivity index is 1.65. The molecule has 4 nitrogen and oxygen atoms in total. The molecule has 0 radical (unpaired) electrons. The minimum atomic E-state index is -0.167. The van der Waals surface area contributed by atoms with E-state index in [9.17, 15) is 4.79 Å². The molecule has 0 bridgehead atoms. The largest absolute Gasteiger partial charge is 0.486 e. The Kier molecular flexibility index (Phi) is 4.33. The van der Waals surface area contributed by atoms with Crippen LogP contribution in [0.1, 0.15) is 10.7 Å². The first-order valence-electron chi connectivity index (χ1n) is 6.08. The minimum absolute atomic E-state index is 0.167. The zero-order chi connectivity index (χ0) is 14.7. The number of carbonyl (C=O) groups excluding carboxylic acids is 1. The van der Waals surface area contributed by atoms with Crippen molar-refractivity contribution in [1.29, 1.82) is 0 Å². The van der Waals surface area contributed by atoms with Gasteiger partial charge in [-0.2, -0.15) is 0 Å². The normalized spacial score (nSPS) is 16.3. The van der Waals surface area contributed by atoms with E-state index in [0.29, 0.717) is 15.8 Å². The number of hydrogen-bond donors (Lipinski definition) is 1. The first kappa shape index (κ1) is 14.2. The average molecular weight is 334 g/mol. The van der Waals surface area contributed by atoms with Gasteiger partial charge in [-0.3, -0.25) is 4.79 Å². The highest BCUT2D eigenvalue weighted by Gasteiger charge is 2.22. The van der Waals surface area contributed by atoms with Crippen molar-refractivity contribution in [2.75, 3.05) is 0 Å². The molecule has 0 saturated carbocycles. The van der Waals surface area contributed by atoms with Gasteiger partial charge in [-0.05, 0) is 18.2 Å². The van der Waals surface area contributed by atoms with Crippen molar-refractivity contribution in [1.82, 2.24) is 10.3 Å². The van der Waals surface area contributed by atoms with E-state index in [1.54, 1.807) is 6.08 Å². The average Bonchev–Trinajstić information content (AvgIpc) is 3.05. The molecule has 1 fully saturated rings. The topological polar surface area (TPSA) is 51.2 Å². The zero-order valence-corrected chi connectivity index (χ0v) is 13.2. The predicted molar refractivity (Wildman–Crippen MR) is 89.2 cm³/mol. The molecule has 7 heteroatoms. The van der Waals surface area contributed by atoms with Crippen molar-refractivity contribution in [3.8, 4) is 5.75 Å². The van der Waals surface area contributed by atoms with Crippen LogP contribution in [0, 0.1) is 0 Å². The third-order valence-electron chi connectivity index (χ3n) is 2.60. The van der Waals surface area contributed by atoms with Gasteiger partial charge in [0.2, 0.25) is 0 Å². The van der Waals surface area contributed by atoms with Crippen LogP contribution in [0.5, 0.6) is 5.75 Å². The second kappa shape index (κ2) is 6.38. The molecule has 2 aromatic rings. The molecule has 1 aliphatic heterocycles.